The van der Waals surface area contributed by atoms with Crippen LogP contribution in [-0.4, -0.2) is 25.7 Å². The van der Waals surface area contributed by atoms with Crippen molar-refractivity contribution in [3.8, 4) is 5.75 Å². The van der Waals surface area contributed by atoms with Crippen molar-refractivity contribution in [2.24, 2.45) is 0 Å². The quantitative estimate of drug-likeness (QED) is 0.433. The van der Waals surface area contributed by atoms with Crippen LogP contribution in [0.4, 0.5) is 0 Å². The van der Waals surface area contributed by atoms with Gasteiger partial charge in [-0.1, -0.05) is 12.1 Å². The number of carbonyl (C=O) groups is 1. The minimum atomic E-state index is -0.208. The number of nitrogens with one attached hydrogen (secondary N) is 2. The lowest BCUT2D eigenvalue weighted by atomic mass is 10.2. The number of carbonyl (C=O) groups excluding carboxylic acids is 1. The molecule has 0 aliphatic carbocycles. The third kappa shape index (κ3) is 5.37. The lowest BCUT2D eigenvalue weighted by molar-refractivity contribution is -0.116. The Bertz CT molecular complexity index is 1030. The molecule has 0 spiro atoms. The first-order valence-electron chi connectivity index (χ1n) is 8.79. The highest BCUT2D eigenvalue weighted by atomic mass is 32.1. The molecule has 0 saturated heterocycles. The number of ether oxygens (including phenoxy) is 1. The van der Waals surface area contributed by atoms with E-state index in [2.05, 4.69) is 20.5 Å². The highest BCUT2D eigenvalue weighted by Gasteiger charge is 2.05. The van der Waals surface area contributed by atoms with Crippen molar-refractivity contribution in [3.63, 3.8) is 0 Å². The van der Waals surface area contributed by atoms with Gasteiger partial charge in [0.2, 0.25) is 5.91 Å². The Morgan fingerprint density at radius 2 is 2.32 bits per heavy atom. The molecule has 146 valence electrons. The van der Waals surface area contributed by atoms with Crippen molar-refractivity contribution >= 4 is 35.5 Å². The zero-order valence-electron chi connectivity index (χ0n) is 15.6. The first-order valence-corrected chi connectivity index (χ1v) is 10.1. The summed E-state index contributed by atoms with van der Waals surface area (Å²) in [6.07, 6.45) is 3.23. The van der Waals surface area contributed by atoms with Crippen LogP contribution in [0.3, 0.4) is 0 Å². The normalized spacial score (nSPS) is 11.1. The minimum absolute atomic E-state index is 0.208. The molecule has 0 aliphatic rings. The minimum Gasteiger partial charge on any atom is -0.487 e. The fraction of sp³-hybridized carbons (Fsp3) is 0.263. The van der Waals surface area contributed by atoms with Crippen LogP contribution in [0.15, 0.2) is 35.7 Å². The van der Waals surface area contributed by atoms with Gasteiger partial charge in [-0.2, -0.15) is 5.10 Å². The van der Waals surface area contributed by atoms with Crippen LogP contribution in [0.25, 0.3) is 6.08 Å². The lowest BCUT2D eigenvalue weighted by Crippen LogP contribution is -2.22. The molecule has 3 aromatic rings. The van der Waals surface area contributed by atoms with Crippen LogP contribution in [0, 0.1) is 11.7 Å². The van der Waals surface area contributed by atoms with E-state index in [1.54, 1.807) is 17.4 Å². The van der Waals surface area contributed by atoms with Gasteiger partial charge in [-0.3, -0.25) is 9.89 Å². The van der Waals surface area contributed by atoms with E-state index in [9.17, 15) is 4.79 Å². The Labute approximate surface area is 172 Å². The molecule has 3 rings (SSSR count). The number of benzene rings is 1. The lowest BCUT2D eigenvalue weighted by Gasteiger charge is -2.05. The summed E-state index contributed by atoms with van der Waals surface area (Å²) in [5.74, 6) is 1.22. The highest BCUT2D eigenvalue weighted by molar-refractivity contribution is 7.71. The van der Waals surface area contributed by atoms with Crippen molar-refractivity contribution in [1.29, 1.82) is 0 Å². The molecule has 2 heterocycles. The number of aryl methyl sites for hydroxylation is 1. The standard InChI is InChI=1S/C19H21N5O2S2/c1-3-24-17(22-23-19(24)27)10-20-18(25)8-7-14-5-4-6-16(9-14)26-11-15-12-28-13(2)21-15/h4-9,12H,3,10-11H2,1-2H3,(H,20,25)(H,23,27)/b8-7+. The van der Waals surface area contributed by atoms with Gasteiger partial charge in [0.15, 0.2) is 10.6 Å². The SMILES string of the molecule is CCn1c(CNC(=O)/C=C/c2cccc(OCc3csc(C)n3)c2)n[nH]c1=S. The van der Waals surface area contributed by atoms with E-state index in [0.717, 1.165) is 22.0 Å². The molecule has 1 aromatic carbocycles. The maximum absolute atomic E-state index is 12.1. The van der Waals surface area contributed by atoms with Crippen LogP contribution in [0.5, 0.6) is 5.75 Å². The number of hydrogen-bond donors (Lipinski definition) is 2. The largest absolute Gasteiger partial charge is 0.487 e. The summed E-state index contributed by atoms with van der Waals surface area (Å²) >= 11 is 6.74. The molecule has 0 unspecified atom stereocenters. The van der Waals surface area contributed by atoms with Crippen molar-refractivity contribution in [2.75, 3.05) is 0 Å². The molecule has 0 aliphatic heterocycles. The third-order valence-electron chi connectivity index (χ3n) is 3.91. The van der Waals surface area contributed by atoms with Crippen LogP contribution in [0.2, 0.25) is 0 Å². The smallest absolute Gasteiger partial charge is 0.244 e. The molecule has 0 radical (unpaired) electrons. The van der Waals surface area contributed by atoms with Crippen molar-refractivity contribution in [3.05, 3.63) is 62.6 Å². The van der Waals surface area contributed by atoms with E-state index in [1.807, 2.05) is 48.1 Å². The third-order valence-corrected chi connectivity index (χ3v) is 5.05. The van der Waals surface area contributed by atoms with Gasteiger partial charge < -0.3 is 14.6 Å². The summed E-state index contributed by atoms with van der Waals surface area (Å²) in [6, 6.07) is 7.55. The van der Waals surface area contributed by atoms with E-state index in [0.29, 0.717) is 30.3 Å². The van der Waals surface area contributed by atoms with E-state index in [-0.39, 0.29) is 5.91 Å². The monoisotopic (exact) mass is 415 g/mol. The van der Waals surface area contributed by atoms with E-state index >= 15 is 0 Å². The molecule has 28 heavy (non-hydrogen) atoms. The molecule has 0 fully saturated rings. The summed E-state index contributed by atoms with van der Waals surface area (Å²) in [5, 5.41) is 12.7. The fourth-order valence-corrected chi connectivity index (χ4v) is 3.43. The van der Waals surface area contributed by atoms with Gasteiger partial charge in [-0.15, -0.1) is 11.3 Å². The van der Waals surface area contributed by atoms with Gasteiger partial charge in [0.05, 0.1) is 17.2 Å². The van der Waals surface area contributed by atoms with E-state index in [4.69, 9.17) is 17.0 Å². The van der Waals surface area contributed by atoms with Gasteiger partial charge in [-0.25, -0.2) is 4.98 Å². The van der Waals surface area contributed by atoms with Crippen LogP contribution < -0.4 is 10.1 Å². The topological polar surface area (TPSA) is 84.8 Å². The maximum Gasteiger partial charge on any atom is 0.244 e. The number of thiazole rings is 1. The zero-order chi connectivity index (χ0) is 19.9. The zero-order valence-corrected chi connectivity index (χ0v) is 17.3. The number of H-pyrrole nitrogens is 1. The van der Waals surface area contributed by atoms with Crippen LogP contribution in [0.1, 0.15) is 29.0 Å². The molecule has 1 amide bonds. The predicted octanol–water partition coefficient (Wildman–Crippen LogP) is 3.63. The Balaban J connectivity index is 1.54. The molecule has 2 aromatic heterocycles. The average Bonchev–Trinajstić information content (AvgIpc) is 3.28. The van der Waals surface area contributed by atoms with Crippen molar-refractivity contribution < 1.29 is 9.53 Å². The fourth-order valence-electron chi connectivity index (χ4n) is 2.55. The highest BCUT2D eigenvalue weighted by Crippen LogP contribution is 2.17. The maximum atomic E-state index is 12.1. The number of hydrogen-bond acceptors (Lipinski definition) is 6. The second kappa shape index (κ2) is 9.43. The Kier molecular flexibility index (Phi) is 6.72. The van der Waals surface area contributed by atoms with Gasteiger partial charge >= 0.3 is 0 Å². The second-order valence-electron chi connectivity index (χ2n) is 5.96. The summed E-state index contributed by atoms with van der Waals surface area (Å²) in [4.78, 5) is 16.5. The Morgan fingerprint density at radius 3 is 3.07 bits per heavy atom. The molecule has 2 N–H and O–H groups in total. The molecule has 0 saturated carbocycles. The summed E-state index contributed by atoms with van der Waals surface area (Å²) in [6.45, 7) is 5.36. The number of rotatable bonds is 8. The average molecular weight is 416 g/mol. The molecule has 0 bridgehead atoms. The molecule has 9 heteroatoms. The first kappa shape index (κ1) is 20.0. The Hall–Kier alpha value is -2.78. The van der Waals surface area contributed by atoms with Gasteiger partial charge in [-0.05, 0) is 49.8 Å². The summed E-state index contributed by atoms with van der Waals surface area (Å²) in [7, 11) is 0. The Morgan fingerprint density at radius 1 is 1.46 bits per heavy atom. The molecular formula is C19H21N5O2S2. The number of aromatic amines is 1. The second-order valence-corrected chi connectivity index (χ2v) is 7.41. The molecule has 7 nitrogen and oxygen atoms in total. The predicted molar refractivity (Wildman–Crippen MR) is 112 cm³/mol. The van der Waals surface area contributed by atoms with Crippen LogP contribution >= 0.6 is 23.6 Å². The van der Waals surface area contributed by atoms with Gasteiger partial charge in [0.1, 0.15) is 12.4 Å². The summed E-state index contributed by atoms with van der Waals surface area (Å²) in [5.41, 5.74) is 1.78. The number of nitrogens with zero attached hydrogens (tertiary/aromatic N) is 3. The van der Waals surface area contributed by atoms with E-state index < -0.39 is 0 Å². The van der Waals surface area contributed by atoms with Crippen LogP contribution in [-0.2, 0) is 24.5 Å². The summed E-state index contributed by atoms with van der Waals surface area (Å²) < 4.78 is 8.16. The van der Waals surface area contributed by atoms with Gasteiger partial charge in [0, 0.05) is 18.0 Å². The van der Waals surface area contributed by atoms with Gasteiger partial charge in [0.25, 0.3) is 0 Å². The first-order chi connectivity index (χ1) is 13.5. The molecular weight excluding hydrogens is 394 g/mol. The van der Waals surface area contributed by atoms with Crippen molar-refractivity contribution in [2.45, 2.75) is 33.5 Å². The number of amides is 1. The van der Waals surface area contributed by atoms with E-state index in [1.165, 1.54) is 6.08 Å². The number of aromatic nitrogens is 4. The molecule has 0 atom stereocenters. The van der Waals surface area contributed by atoms with Crippen molar-refractivity contribution in [1.82, 2.24) is 25.1 Å².